The molecule has 1 aromatic carbocycles. The lowest BCUT2D eigenvalue weighted by Crippen LogP contribution is -2.34. The largest absolute Gasteiger partial charge is 0.511 e. The average molecular weight is 388 g/mol. The van der Waals surface area contributed by atoms with Crippen LogP contribution in [-0.4, -0.2) is 23.6 Å². The monoisotopic (exact) mass is 387 g/mol. The number of amides is 3. The second kappa shape index (κ2) is 9.09. The highest BCUT2D eigenvalue weighted by atomic mass is 35.5. The van der Waals surface area contributed by atoms with E-state index in [1.54, 1.807) is 12.2 Å². The van der Waals surface area contributed by atoms with Gasteiger partial charge in [-0.1, -0.05) is 48.5 Å². The van der Waals surface area contributed by atoms with Crippen LogP contribution in [0.2, 0.25) is 0 Å². The van der Waals surface area contributed by atoms with Crippen molar-refractivity contribution in [1.29, 1.82) is 0 Å². The van der Waals surface area contributed by atoms with Crippen LogP contribution in [0.15, 0.2) is 65.1 Å². The zero-order valence-electron chi connectivity index (χ0n) is 15.2. The lowest BCUT2D eigenvalue weighted by Gasteiger charge is -2.16. The van der Waals surface area contributed by atoms with Gasteiger partial charge in [-0.2, -0.15) is 0 Å². The third-order valence-corrected chi connectivity index (χ3v) is 4.14. The summed E-state index contributed by atoms with van der Waals surface area (Å²) in [7, 11) is 0. The summed E-state index contributed by atoms with van der Waals surface area (Å²) in [4.78, 5) is 24.9. The first-order valence-corrected chi connectivity index (χ1v) is 8.72. The lowest BCUT2D eigenvalue weighted by molar-refractivity contribution is -0.117. The normalized spacial score (nSPS) is 13.5. The minimum atomic E-state index is -0.490. The van der Waals surface area contributed by atoms with E-state index in [9.17, 15) is 14.7 Å². The van der Waals surface area contributed by atoms with E-state index in [2.05, 4.69) is 22.5 Å². The highest BCUT2D eigenvalue weighted by Gasteiger charge is 2.19. The molecule has 0 spiro atoms. The molecule has 27 heavy (non-hydrogen) atoms. The van der Waals surface area contributed by atoms with Gasteiger partial charge in [0, 0.05) is 10.7 Å². The van der Waals surface area contributed by atoms with Gasteiger partial charge in [-0.25, -0.2) is 4.79 Å². The maximum atomic E-state index is 12.5. The fourth-order valence-electron chi connectivity index (χ4n) is 2.55. The Morgan fingerprint density at radius 3 is 2.48 bits per heavy atom. The molecule has 0 saturated carbocycles. The number of aliphatic hydroxyl groups excluding tert-OH is 1. The van der Waals surface area contributed by atoms with Crippen molar-refractivity contribution in [3.05, 3.63) is 76.2 Å². The molecular formula is C20H22ClN3O3. The number of carbonyl (C=O) groups is 2. The third kappa shape index (κ3) is 5.76. The number of hydrogen-bond donors (Lipinski definition) is 4. The summed E-state index contributed by atoms with van der Waals surface area (Å²) in [6.45, 7) is 7.04. The maximum Gasteiger partial charge on any atom is 0.323 e. The van der Waals surface area contributed by atoms with Crippen LogP contribution in [0.25, 0.3) is 0 Å². The van der Waals surface area contributed by atoms with Crippen molar-refractivity contribution in [1.82, 2.24) is 10.6 Å². The Balaban J connectivity index is 2.19. The molecule has 0 heterocycles. The van der Waals surface area contributed by atoms with Crippen LogP contribution in [0.3, 0.4) is 0 Å². The number of halogens is 1. The van der Waals surface area contributed by atoms with Crippen molar-refractivity contribution >= 4 is 29.2 Å². The van der Waals surface area contributed by atoms with Gasteiger partial charge in [0.05, 0.1) is 17.8 Å². The third-order valence-electron chi connectivity index (χ3n) is 3.87. The molecule has 1 aliphatic carbocycles. The number of urea groups is 1. The van der Waals surface area contributed by atoms with Crippen LogP contribution in [0.1, 0.15) is 17.5 Å². The topological polar surface area (TPSA) is 90.5 Å². The maximum absolute atomic E-state index is 12.5. The summed E-state index contributed by atoms with van der Waals surface area (Å²) >= 11 is 6.10. The minimum absolute atomic E-state index is 0.0841. The molecule has 0 unspecified atom stereocenters. The van der Waals surface area contributed by atoms with E-state index in [1.165, 1.54) is 6.08 Å². The van der Waals surface area contributed by atoms with Crippen LogP contribution in [0.4, 0.5) is 10.5 Å². The standard InChI is InChI=1S/C20H22ClN3O3/c1-12-6-4-7-13(2)18(12)24-20(27)23-17-10-15(21)8-5-9-16(17)19(26)22-11-14(3)25/h4,6-10,25H,3,5,11H2,1-2H3,(H,22,26)(H2,23,24,27). The fraction of sp³-hybridized carbons (Fsp3) is 0.200. The summed E-state index contributed by atoms with van der Waals surface area (Å²) in [5.74, 6) is -0.622. The smallest absolute Gasteiger partial charge is 0.323 e. The van der Waals surface area contributed by atoms with E-state index in [4.69, 9.17) is 11.6 Å². The Morgan fingerprint density at radius 1 is 1.19 bits per heavy atom. The quantitative estimate of drug-likeness (QED) is 0.576. The van der Waals surface area contributed by atoms with Crippen molar-refractivity contribution in [2.75, 3.05) is 11.9 Å². The van der Waals surface area contributed by atoms with Gasteiger partial charge in [0.2, 0.25) is 0 Å². The van der Waals surface area contributed by atoms with E-state index in [-0.39, 0.29) is 23.6 Å². The summed E-state index contributed by atoms with van der Waals surface area (Å²) in [6.07, 6.45) is 5.31. The van der Waals surface area contributed by atoms with Gasteiger partial charge in [0.25, 0.3) is 5.91 Å². The molecule has 0 saturated heterocycles. The summed E-state index contributed by atoms with van der Waals surface area (Å²) in [5, 5.41) is 17.6. The van der Waals surface area contributed by atoms with Gasteiger partial charge >= 0.3 is 6.03 Å². The van der Waals surface area contributed by atoms with E-state index < -0.39 is 11.9 Å². The number of rotatable bonds is 5. The van der Waals surface area contributed by atoms with Gasteiger partial charge < -0.3 is 21.1 Å². The van der Waals surface area contributed by atoms with Crippen LogP contribution in [-0.2, 0) is 4.79 Å². The molecule has 0 aromatic heterocycles. The number of benzene rings is 1. The fourth-order valence-corrected chi connectivity index (χ4v) is 2.75. The van der Waals surface area contributed by atoms with Crippen molar-refractivity contribution in [2.24, 2.45) is 0 Å². The van der Waals surface area contributed by atoms with Crippen LogP contribution >= 0.6 is 11.6 Å². The van der Waals surface area contributed by atoms with Gasteiger partial charge in [0.1, 0.15) is 5.76 Å². The molecule has 0 radical (unpaired) electrons. The van der Waals surface area contributed by atoms with E-state index in [0.717, 1.165) is 11.1 Å². The molecule has 0 atom stereocenters. The number of aryl methyl sites for hydroxylation is 2. The van der Waals surface area contributed by atoms with Crippen LogP contribution in [0.5, 0.6) is 0 Å². The molecule has 142 valence electrons. The number of para-hydroxylation sites is 1. The summed E-state index contributed by atoms with van der Waals surface area (Å²) < 4.78 is 0. The Hall–Kier alpha value is -2.99. The second-order valence-electron chi connectivity index (χ2n) is 6.10. The Kier molecular flexibility index (Phi) is 6.85. The molecule has 0 bridgehead atoms. The predicted octanol–water partition coefficient (Wildman–Crippen LogP) is 3.95. The predicted molar refractivity (Wildman–Crippen MR) is 108 cm³/mol. The SMILES string of the molecule is C=C(O)CNC(=O)C1=CCC=C(Cl)C=C1NC(=O)Nc1c(C)cccc1C. The van der Waals surface area contributed by atoms with Crippen molar-refractivity contribution < 1.29 is 14.7 Å². The molecule has 4 N–H and O–H groups in total. The molecular weight excluding hydrogens is 366 g/mol. The van der Waals surface area contributed by atoms with Gasteiger partial charge in [-0.3, -0.25) is 4.79 Å². The number of carbonyl (C=O) groups excluding carboxylic acids is 2. The van der Waals surface area contributed by atoms with Crippen molar-refractivity contribution in [3.8, 4) is 0 Å². The lowest BCUT2D eigenvalue weighted by atomic mass is 10.1. The first-order valence-electron chi connectivity index (χ1n) is 8.35. The molecule has 7 heteroatoms. The highest BCUT2D eigenvalue weighted by Crippen LogP contribution is 2.21. The zero-order chi connectivity index (χ0) is 20.0. The Bertz CT molecular complexity index is 849. The van der Waals surface area contributed by atoms with Gasteiger partial charge in [0.15, 0.2) is 0 Å². The number of nitrogens with one attached hydrogen (secondary N) is 3. The van der Waals surface area contributed by atoms with Gasteiger partial charge in [-0.05, 0) is 37.5 Å². The second-order valence-corrected chi connectivity index (χ2v) is 6.53. The van der Waals surface area contributed by atoms with Crippen molar-refractivity contribution in [3.63, 3.8) is 0 Å². The highest BCUT2D eigenvalue weighted by molar-refractivity contribution is 6.31. The number of aliphatic hydroxyl groups is 1. The molecule has 6 nitrogen and oxygen atoms in total. The van der Waals surface area contributed by atoms with Crippen LogP contribution in [0, 0.1) is 13.8 Å². The van der Waals surface area contributed by atoms with E-state index in [1.807, 2.05) is 32.0 Å². The Morgan fingerprint density at radius 2 is 1.85 bits per heavy atom. The molecule has 2 rings (SSSR count). The molecule has 0 fully saturated rings. The summed E-state index contributed by atoms with van der Waals surface area (Å²) in [5.41, 5.74) is 3.07. The Labute approximate surface area is 163 Å². The van der Waals surface area contributed by atoms with E-state index >= 15 is 0 Å². The minimum Gasteiger partial charge on any atom is -0.511 e. The average Bonchev–Trinajstić information content (AvgIpc) is 2.77. The summed E-state index contributed by atoms with van der Waals surface area (Å²) in [6, 6.07) is 5.21. The van der Waals surface area contributed by atoms with Gasteiger partial charge in [-0.15, -0.1) is 0 Å². The first kappa shape index (κ1) is 20.3. The number of hydrogen-bond acceptors (Lipinski definition) is 3. The first-order chi connectivity index (χ1) is 12.8. The molecule has 3 amide bonds. The zero-order valence-corrected chi connectivity index (χ0v) is 16.0. The van der Waals surface area contributed by atoms with E-state index in [0.29, 0.717) is 17.1 Å². The van der Waals surface area contributed by atoms with Crippen LogP contribution < -0.4 is 16.0 Å². The molecule has 1 aromatic rings. The number of anilines is 1. The molecule has 1 aliphatic rings. The number of allylic oxidation sites excluding steroid dienone is 4. The molecule has 0 aliphatic heterocycles. The van der Waals surface area contributed by atoms with Crippen molar-refractivity contribution in [2.45, 2.75) is 20.3 Å².